The largest absolute Gasteiger partial charge is 0.297 e. The summed E-state index contributed by atoms with van der Waals surface area (Å²) in [5, 5.41) is 1.04. The van der Waals surface area contributed by atoms with Gasteiger partial charge in [-0.3, -0.25) is 9.88 Å². The molecule has 3 rings (SSSR count). The van der Waals surface area contributed by atoms with E-state index in [1.54, 1.807) is 6.20 Å². The van der Waals surface area contributed by atoms with Crippen molar-refractivity contribution >= 4 is 22.2 Å². The number of hydrogen-bond donors (Lipinski definition) is 0. The maximum atomic E-state index is 5.57. The molecule has 0 atom stereocenters. The van der Waals surface area contributed by atoms with Crippen LogP contribution in [0.4, 0.5) is 5.69 Å². The number of anilines is 1. The number of aromatic nitrogens is 1. The number of benzene rings is 1. The van der Waals surface area contributed by atoms with Crippen molar-refractivity contribution in [1.82, 2.24) is 4.98 Å². The lowest BCUT2D eigenvalue weighted by Crippen LogP contribution is -2.21. The molecule has 0 fully saturated rings. The van der Waals surface area contributed by atoms with E-state index in [2.05, 4.69) is 16.9 Å². The molecule has 2 heteroatoms. The highest BCUT2D eigenvalue weighted by atomic mass is 15.1. The van der Waals surface area contributed by atoms with Crippen LogP contribution in [0.5, 0.6) is 0 Å². The van der Waals surface area contributed by atoms with Crippen molar-refractivity contribution in [3.8, 4) is 24.8 Å². The summed E-state index contributed by atoms with van der Waals surface area (Å²) in [5.74, 6) is 2.71. The molecule has 1 aliphatic heterocycles. The number of terminal acetylenes is 2. The molecule has 0 saturated carbocycles. The second-order valence-corrected chi connectivity index (χ2v) is 4.03. The molecule has 0 spiro atoms. The SMILES string of the molecule is C#CC1=CCN(C#C)c2c1ccc1ncccc21. The fourth-order valence-electron chi connectivity index (χ4n) is 2.28. The molecule has 2 aromatic rings. The molecule has 2 heterocycles. The van der Waals surface area contributed by atoms with E-state index >= 15 is 0 Å². The van der Waals surface area contributed by atoms with E-state index in [0.29, 0.717) is 6.54 Å². The minimum atomic E-state index is 0.636. The molecule has 0 N–H and O–H groups in total. The fraction of sp³-hybridized carbons (Fsp3) is 0.0625. The van der Waals surface area contributed by atoms with Gasteiger partial charge in [-0.2, -0.15) is 0 Å². The summed E-state index contributed by atoms with van der Waals surface area (Å²) in [4.78, 5) is 6.20. The number of allylic oxidation sites excluding steroid dienone is 1. The molecule has 0 saturated heterocycles. The summed E-state index contributed by atoms with van der Waals surface area (Å²) < 4.78 is 0. The van der Waals surface area contributed by atoms with Crippen LogP contribution in [-0.2, 0) is 0 Å². The highest BCUT2D eigenvalue weighted by Crippen LogP contribution is 2.36. The normalized spacial score (nSPS) is 13.4. The Morgan fingerprint density at radius 2 is 2.11 bits per heavy atom. The summed E-state index contributed by atoms with van der Waals surface area (Å²) in [5.41, 5.74) is 3.80. The molecule has 0 unspecified atom stereocenters. The standard InChI is InChI=1S/C16H10N2/c1-3-12-9-11-18(4-2)16-13(12)7-8-15-14(16)6-5-10-17-15/h1-2,5-10H,11H2. The molecule has 0 aliphatic carbocycles. The summed E-state index contributed by atoms with van der Waals surface area (Å²) in [6.45, 7) is 0.636. The molecule has 1 aliphatic rings. The smallest absolute Gasteiger partial charge is 0.0723 e. The van der Waals surface area contributed by atoms with Crippen LogP contribution in [0.25, 0.3) is 16.5 Å². The van der Waals surface area contributed by atoms with Crippen molar-refractivity contribution in [2.24, 2.45) is 0 Å². The lowest BCUT2D eigenvalue weighted by Gasteiger charge is -2.25. The van der Waals surface area contributed by atoms with Crippen molar-refractivity contribution in [1.29, 1.82) is 0 Å². The average Bonchev–Trinajstić information content (AvgIpc) is 2.45. The van der Waals surface area contributed by atoms with Crippen LogP contribution in [0, 0.1) is 24.8 Å². The molecular formula is C16H10N2. The summed E-state index contributed by atoms with van der Waals surface area (Å²) >= 11 is 0. The van der Waals surface area contributed by atoms with E-state index in [4.69, 9.17) is 12.8 Å². The van der Waals surface area contributed by atoms with Crippen molar-refractivity contribution in [2.75, 3.05) is 11.4 Å². The minimum Gasteiger partial charge on any atom is -0.297 e. The van der Waals surface area contributed by atoms with E-state index in [0.717, 1.165) is 27.7 Å². The maximum Gasteiger partial charge on any atom is 0.0723 e. The first-order valence-corrected chi connectivity index (χ1v) is 5.64. The van der Waals surface area contributed by atoms with Gasteiger partial charge in [0.15, 0.2) is 0 Å². The topological polar surface area (TPSA) is 16.1 Å². The molecule has 1 aromatic heterocycles. The number of nitrogens with zero attached hydrogens (tertiary/aromatic N) is 2. The summed E-state index contributed by atoms with van der Waals surface area (Å²) in [7, 11) is 0. The highest BCUT2D eigenvalue weighted by molar-refractivity contribution is 6.02. The van der Waals surface area contributed by atoms with Gasteiger partial charge >= 0.3 is 0 Å². The molecule has 84 valence electrons. The van der Waals surface area contributed by atoms with E-state index < -0.39 is 0 Å². The zero-order valence-electron chi connectivity index (χ0n) is 9.72. The van der Waals surface area contributed by atoms with Crippen molar-refractivity contribution in [3.63, 3.8) is 0 Å². The van der Waals surface area contributed by atoms with Gasteiger partial charge in [0, 0.05) is 28.8 Å². The van der Waals surface area contributed by atoms with E-state index in [1.807, 2.05) is 35.2 Å². The quantitative estimate of drug-likeness (QED) is 0.647. The van der Waals surface area contributed by atoms with Crippen LogP contribution in [0.15, 0.2) is 36.5 Å². The zero-order valence-corrected chi connectivity index (χ0v) is 9.72. The highest BCUT2D eigenvalue weighted by Gasteiger charge is 2.19. The van der Waals surface area contributed by atoms with Crippen LogP contribution in [0.1, 0.15) is 5.56 Å². The Balaban J connectivity index is 2.41. The molecular weight excluding hydrogens is 220 g/mol. The Labute approximate surface area is 106 Å². The average molecular weight is 230 g/mol. The van der Waals surface area contributed by atoms with Gasteiger partial charge in [-0.05, 0) is 30.3 Å². The zero-order chi connectivity index (χ0) is 12.5. The lowest BCUT2D eigenvalue weighted by molar-refractivity contribution is 1.11. The first-order chi connectivity index (χ1) is 8.85. The Morgan fingerprint density at radius 3 is 2.89 bits per heavy atom. The van der Waals surface area contributed by atoms with Crippen LogP contribution in [0.2, 0.25) is 0 Å². The third-order valence-corrected chi connectivity index (χ3v) is 3.11. The van der Waals surface area contributed by atoms with E-state index in [9.17, 15) is 0 Å². The van der Waals surface area contributed by atoms with Crippen LogP contribution in [0.3, 0.4) is 0 Å². The first-order valence-electron chi connectivity index (χ1n) is 5.64. The molecule has 0 amide bonds. The van der Waals surface area contributed by atoms with Crippen LogP contribution in [-0.4, -0.2) is 11.5 Å². The second-order valence-electron chi connectivity index (χ2n) is 4.03. The number of pyridine rings is 1. The summed E-state index contributed by atoms with van der Waals surface area (Å²) in [6, 6.07) is 10.6. The summed E-state index contributed by atoms with van der Waals surface area (Å²) in [6.07, 6.45) is 14.9. The van der Waals surface area contributed by atoms with Crippen molar-refractivity contribution < 1.29 is 0 Å². The van der Waals surface area contributed by atoms with Crippen molar-refractivity contribution in [2.45, 2.75) is 0 Å². The van der Waals surface area contributed by atoms with Gasteiger partial charge < -0.3 is 0 Å². The Morgan fingerprint density at radius 1 is 1.22 bits per heavy atom. The number of hydrogen-bond acceptors (Lipinski definition) is 2. The Hall–Kier alpha value is -2.71. The van der Waals surface area contributed by atoms with Gasteiger partial charge in [0.05, 0.1) is 17.7 Å². The predicted octanol–water partition coefficient (Wildman–Crippen LogP) is 2.66. The molecule has 1 aromatic carbocycles. The second kappa shape index (κ2) is 3.95. The van der Waals surface area contributed by atoms with Gasteiger partial charge in [0.1, 0.15) is 0 Å². The number of fused-ring (bicyclic) bond motifs is 3. The Kier molecular flexibility index (Phi) is 2.29. The monoisotopic (exact) mass is 230 g/mol. The molecule has 0 bridgehead atoms. The van der Waals surface area contributed by atoms with Gasteiger partial charge in [-0.15, -0.1) is 6.42 Å². The molecule has 0 radical (unpaired) electrons. The molecule has 2 nitrogen and oxygen atoms in total. The van der Waals surface area contributed by atoms with Gasteiger partial charge in [0.2, 0.25) is 0 Å². The van der Waals surface area contributed by atoms with E-state index in [-0.39, 0.29) is 0 Å². The minimum absolute atomic E-state index is 0.636. The fourth-order valence-corrected chi connectivity index (χ4v) is 2.28. The Bertz CT molecular complexity index is 742. The first kappa shape index (κ1) is 10.4. The van der Waals surface area contributed by atoms with Gasteiger partial charge in [0.25, 0.3) is 0 Å². The van der Waals surface area contributed by atoms with Crippen LogP contribution < -0.4 is 4.90 Å². The maximum absolute atomic E-state index is 5.57. The van der Waals surface area contributed by atoms with Gasteiger partial charge in [-0.25, -0.2) is 0 Å². The van der Waals surface area contributed by atoms with Crippen LogP contribution >= 0.6 is 0 Å². The van der Waals surface area contributed by atoms with Gasteiger partial charge in [-0.1, -0.05) is 12.3 Å². The lowest BCUT2D eigenvalue weighted by atomic mass is 9.97. The molecule has 18 heavy (non-hydrogen) atoms. The van der Waals surface area contributed by atoms with E-state index in [1.165, 1.54) is 0 Å². The third kappa shape index (κ3) is 1.37. The third-order valence-electron chi connectivity index (χ3n) is 3.11. The predicted molar refractivity (Wildman–Crippen MR) is 74.7 cm³/mol. The number of rotatable bonds is 0. The van der Waals surface area contributed by atoms with Crippen molar-refractivity contribution in [3.05, 3.63) is 42.1 Å².